The second kappa shape index (κ2) is 5.75. The summed E-state index contributed by atoms with van der Waals surface area (Å²) >= 11 is 5.83. The predicted octanol–water partition coefficient (Wildman–Crippen LogP) is 3.07. The van der Waals surface area contributed by atoms with Gasteiger partial charge in [-0.2, -0.15) is 0 Å². The average molecular weight is 354 g/mol. The molecule has 1 aliphatic heterocycles. The second-order valence-corrected chi connectivity index (χ2v) is 6.99. The summed E-state index contributed by atoms with van der Waals surface area (Å²) in [7, 11) is -3.89. The Labute approximate surface area is 138 Å². The number of Topliss-reactive ketones (excluding diaryl/α,β-unsaturated/α-hetero) is 1. The molecule has 0 bridgehead atoms. The lowest BCUT2D eigenvalue weighted by Crippen LogP contribution is -2.15. The summed E-state index contributed by atoms with van der Waals surface area (Å²) in [5.41, 5.74) is 0.321. The molecule has 3 rings (SSSR count). The number of benzene rings is 2. The summed E-state index contributed by atoms with van der Waals surface area (Å²) in [6.45, 7) is 1.37. The Hall–Kier alpha value is -2.25. The molecule has 0 spiro atoms. The topological polar surface area (TPSA) is 81.7 Å². The summed E-state index contributed by atoms with van der Waals surface area (Å²) < 4.78 is 37.8. The van der Waals surface area contributed by atoms with Crippen molar-refractivity contribution in [1.29, 1.82) is 0 Å². The summed E-state index contributed by atoms with van der Waals surface area (Å²) in [6, 6.07) is 8.73. The number of carbonyl (C=O) groups excluding carboxylic acids is 1. The van der Waals surface area contributed by atoms with E-state index in [-0.39, 0.29) is 28.7 Å². The van der Waals surface area contributed by atoms with Gasteiger partial charge in [-0.15, -0.1) is 0 Å². The molecule has 0 saturated heterocycles. The van der Waals surface area contributed by atoms with Crippen molar-refractivity contribution in [3.05, 3.63) is 47.0 Å². The van der Waals surface area contributed by atoms with E-state index in [1.165, 1.54) is 37.3 Å². The van der Waals surface area contributed by atoms with Gasteiger partial charge in [0, 0.05) is 16.7 Å². The molecule has 0 radical (unpaired) electrons. The molecule has 0 saturated carbocycles. The van der Waals surface area contributed by atoms with E-state index in [1.807, 2.05) is 0 Å². The van der Waals surface area contributed by atoms with Crippen molar-refractivity contribution in [3.63, 3.8) is 0 Å². The number of ketones is 1. The zero-order valence-corrected chi connectivity index (χ0v) is 13.6. The highest BCUT2D eigenvalue weighted by atomic mass is 35.5. The first-order valence-electron chi connectivity index (χ1n) is 6.60. The van der Waals surface area contributed by atoms with Gasteiger partial charge in [-0.05, 0) is 31.2 Å². The largest absolute Gasteiger partial charge is 0.454 e. The van der Waals surface area contributed by atoms with Crippen molar-refractivity contribution >= 4 is 33.1 Å². The van der Waals surface area contributed by atoms with Crippen molar-refractivity contribution in [2.24, 2.45) is 0 Å². The highest BCUT2D eigenvalue weighted by Crippen LogP contribution is 2.38. The number of sulfonamides is 1. The van der Waals surface area contributed by atoms with Crippen LogP contribution in [0.1, 0.15) is 17.3 Å². The van der Waals surface area contributed by atoms with Crippen LogP contribution in [0.2, 0.25) is 5.02 Å². The molecule has 0 fully saturated rings. The van der Waals surface area contributed by atoms with E-state index < -0.39 is 10.0 Å². The van der Waals surface area contributed by atoms with E-state index in [0.29, 0.717) is 16.5 Å². The van der Waals surface area contributed by atoms with Crippen LogP contribution in [0.5, 0.6) is 11.5 Å². The highest BCUT2D eigenvalue weighted by molar-refractivity contribution is 7.92. The Kier molecular flexibility index (Phi) is 3.91. The molecule has 0 unspecified atom stereocenters. The lowest BCUT2D eigenvalue weighted by Gasteiger charge is -2.12. The molecular formula is C15H12ClNO5S. The molecule has 0 atom stereocenters. The van der Waals surface area contributed by atoms with E-state index in [1.54, 1.807) is 6.07 Å². The number of ether oxygens (including phenoxy) is 2. The number of fused-ring (bicyclic) bond motifs is 1. The Bertz CT molecular complexity index is 895. The highest BCUT2D eigenvalue weighted by Gasteiger charge is 2.23. The van der Waals surface area contributed by atoms with Crippen molar-refractivity contribution < 1.29 is 22.7 Å². The molecular weight excluding hydrogens is 342 g/mol. The molecule has 1 heterocycles. The summed E-state index contributed by atoms with van der Waals surface area (Å²) in [4.78, 5) is 11.8. The van der Waals surface area contributed by atoms with Gasteiger partial charge in [0.1, 0.15) is 0 Å². The number of anilines is 1. The van der Waals surface area contributed by atoms with Crippen LogP contribution < -0.4 is 14.2 Å². The van der Waals surface area contributed by atoms with E-state index in [2.05, 4.69) is 4.72 Å². The van der Waals surface area contributed by atoms with E-state index in [4.69, 9.17) is 21.1 Å². The molecule has 6 nitrogen and oxygen atoms in total. The number of rotatable bonds is 4. The average Bonchev–Trinajstić information content (AvgIpc) is 2.93. The van der Waals surface area contributed by atoms with Crippen LogP contribution in [0.4, 0.5) is 5.69 Å². The van der Waals surface area contributed by atoms with Crippen LogP contribution in [0.15, 0.2) is 41.3 Å². The molecule has 0 aliphatic carbocycles. The van der Waals surface area contributed by atoms with E-state index in [0.717, 1.165) is 0 Å². The van der Waals surface area contributed by atoms with Gasteiger partial charge in [-0.25, -0.2) is 8.42 Å². The van der Waals surface area contributed by atoms with Gasteiger partial charge in [-0.1, -0.05) is 17.7 Å². The fourth-order valence-corrected chi connectivity index (χ4v) is 3.53. The Morgan fingerprint density at radius 1 is 1.17 bits per heavy atom. The van der Waals surface area contributed by atoms with Crippen molar-refractivity contribution in [1.82, 2.24) is 0 Å². The molecule has 23 heavy (non-hydrogen) atoms. The summed E-state index contributed by atoms with van der Waals surface area (Å²) in [5.74, 6) is 0.479. The van der Waals surface area contributed by atoms with Gasteiger partial charge >= 0.3 is 0 Å². The first kappa shape index (κ1) is 15.6. The van der Waals surface area contributed by atoms with Crippen molar-refractivity contribution in [3.8, 4) is 11.5 Å². The van der Waals surface area contributed by atoms with Crippen molar-refractivity contribution in [2.45, 2.75) is 11.8 Å². The fourth-order valence-electron chi connectivity index (χ4n) is 2.16. The fraction of sp³-hybridized carbons (Fsp3) is 0.133. The number of nitrogens with one attached hydrogen (secondary N) is 1. The summed E-state index contributed by atoms with van der Waals surface area (Å²) in [6.07, 6.45) is 0. The lowest BCUT2D eigenvalue weighted by molar-refractivity contribution is 0.101. The van der Waals surface area contributed by atoms with Crippen LogP contribution >= 0.6 is 11.6 Å². The van der Waals surface area contributed by atoms with Gasteiger partial charge in [0.25, 0.3) is 10.0 Å². The molecule has 8 heteroatoms. The molecule has 120 valence electrons. The number of halogens is 1. The molecule has 1 aliphatic rings. The molecule has 2 aromatic carbocycles. The minimum Gasteiger partial charge on any atom is -0.454 e. The second-order valence-electron chi connectivity index (χ2n) is 4.87. The van der Waals surface area contributed by atoms with Gasteiger partial charge in [0.2, 0.25) is 6.79 Å². The molecule has 0 amide bonds. The quantitative estimate of drug-likeness (QED) is 0.854. The third kappa shape index (κ3) is 3.11. The Morgan fingerprint density at radius 3 is 2.52 bits per heavy atom. The molecule has 0 aromatic heterocycles. The Morgan fingerprint density at radius 2 is 1.87 bits per heavy atom. The zero-order chi connectivity index (χ0) is 16.6. The van der Waals surface area contributed by atoms with Crippen LogP contribution in [-0.2, 0) is 10.0 Å². The maximum atomic E-state index is 12.5. The number of carbonyl (C=O) groups is 1. The normalized spacial score (nSPS) is 13.0. The number of hydrogen-bond acceptors (Lipinski definition) is 5. The Balaban J connectivity index is 2.04. The minimum atomic E-state index is -3.89. The molecule has 2 aromatic rings. The van der Waals surface area contributed by atoms with Crippen LogP contribution in [-0.4, -0.2) is 21.0 Å². The zero-order valence-electron chi connectivity index (χ0n) is 12.0. The first-order chi connectivity index (χ1) is 10.9. The van der Waals surface area contributed by atoms with Gasteiger partial charge in [0.05, 0.1) is 10.6 Å². The SMILES string of the molecule is CC(=O)c1cc2c(cc1NS(=O)(=O)c1cccc(Cl)c1)OCO2. The monoisotopic (exact) mass is 353 g/mol. The van der Waals surface area contributed by atoms with E-state index >= 15 is 0 Å². The maximum Gasteiger partial charge on any atom is 0.261 e. The lowest BCUT2D eigenvalue weighted by atomic mass is 10.1. The van der Waals surface area contributed by atoms with Crippen LogP contribution in [0.25, 0.3) is 0 Å². The van der Waals surface area contributed by atoms with E-state index in [9.17, 15) is 13.2 Å². The van der Waals surface area contributed by atoms with Gasteiger partial charge in [0.15, 0.2) is 17.3 Å². The standard InChI is InChI=1S/C15H12ClNO5S/c1-9(18)12-6-14-15(22-8-21-14)7-13(12)17-23(19,20)11-4-2-3-10(16)5-11/h2-7,17H,8H2,1H3. The van der Waals surface area contributed by atoms with Crippen molar-refractivity contribution in [2.75, 3.05) is 11.5 Å². The number of hydrogen-bond donors (Lipinski definition) is 1. The minimum absolute atomic E-state index is 0.00262. The van der Waals surface area contributed by atoms with Gasteiger partial charge in [-0.3, -0.25) is 9.52 Å². The predicted molar refractivity (Wildman–Crippen MR) is 84.8 cm³/mol. The van der Waals surface area contributed by atoms with Crippen LogP contribution in [0.3, 0.4) is 0 Å². The van der Waals surface area contributed by atoms with Crippen LogP contribution in [0, 0.1) is 0 Å². The first-order valence-corrected chi connectivity index (χ1v) is 8.46. The summed E-state index contributed by atoms with van der Waals surface area (Å²) in [5, 5.41) is 0.297. The van der Waals surface area contributed by atoms with Gasteiger partial charge < -0.3 is 9.47 Å². The molecule has 1 N–H and O–H groups in total. The maximum absolute atomic E-state index is 12.5. The third-order valence-corrected chi connectivity index (χ3v) is 4.84. The smallest absolute Gasteiger partial charge is 0.261 e. The third-order valence-electron chi connectivity index (χ3n) is 3.24.